The van der Waals surface area contributed by atoms with Crippen molar-refractivity contribution in [1.82, 2.24) is 5.32 Å². The Balaban J connectivity index is 2.02. The summed E-state index contributed by atoms with van der Waals surface area (Å²) in [5.41, 5.74) is 0. The van der Waals surface area contributed by atoms with Crippen molar-refractivity contribution in [2.24, 2.45) is 5.92 Å². The molecule has 1 unspecified atom stereocenters. The van der Waals surface area contributed by atoms with Crippen LogP contribution in [0.25, 0.3) is 0 Å². The topological polar surface area (TPSA) is 12.0 Å². The van der Waals surface area contributed by atoms with Gasteiger partial charge in [-0.25, -0.2) is 0 Å². The van der Waals surface area contributed by atoms with E-state index in [4.69, 9.17) is 0 Å². The molecule has 1 saturated heterocycles. The van der Waals surface area contributed by atoms with Gasteiger partial charge >= 0.3 is 0 Å². The van der Waals surface area contributed by atoms with E-state index in [1.807, 2.05) is 0 Å². The van der Waals surface area contributed by atoms with Crippen molar-refractivity contribution in [2.75, 3.05) is 19.8 Å². The van der Waals surface area contributed by atoms with E-state index in [0.717, 1.165) is 31.8 Å². The van der Waals surface area contributed by atoms with Crippen LogP contribution < -0.4 is 5.32 Å². The third-order valence-corrected chi connectivity index (χ3v) is 2.14. The van der Waals surface area contributed by atoms with E-state index in [0.29, 0.717) is 0 Å². The Morgan fingerprint density at radius 2 is 2.40 bits per heavy atom. The smallest absolute Gasteiger partial charge is 0.0894 e. The average Bonchev–Trinajstić information content (AvgIpc) is 2.03. The molecule has 1 rings (SSSR count). The fourth-order valence-electron chi connectivity index (χ4n) is 1.54. The van der Waals surface area contributed by atoms with Gasteiger partial charge in [0.05, 0.1) is 6.67 Å². The molecule has 1 atom stereocenters. The maximum atomic E-state index is 11.7. The molecule has 0 aromatic heterocycles. The molecule has 1 aliphatic heterocycles. The van der Waals surface area contributed by atoms with E-state index in [9.17, 15) is 4.39 Å². The summed E-state index contributed by atoms with van der Waals surface area (Å²) in [7, 11) is 0. The first-order valence-corrected chi connectivity index (χ1v) is 4.20. The second kappa shape index (κ2) is 4.67. The SMILES string of the molecule is FCCCC1CCCNC1. The molecule has 2 heteroatoms. The van der Waals surface area contributed by atoms with Crippen molar-refractivity contribution in [3.63, 3.8) is 0 Å². The number of hydrogen-bond donors (Lipinski definition) is 1. The van der Waals surface area contributed by atoms with Crippen LogP contribution in [0.2, 0.25) is 0 Å². The minimum Gasteiger partial charge on any atom is -0.316 e. The zero-order valence-corrected chi connectivity index (χ0v) is 6.41. The Hall–Kier alpha value is -0.110. The molecule has 1 N–H and O–H groups in total. The summed E-state index contributed by atoms with van der Waals surface area (Å²) in [5, 5.41) is 3.32. The van der Waals surface area contributed by atoms with Gasteiger partial charge in [0.15, 0.2) is 0 Å². The third kappa shape index (κ3) is 2.65. The summed E-state index contributed by atoms with van der Waals surface area (Å²) in [4.78, 5) is 0. The second-order valence-electron chi connectivity index (χ2n) is 3.04. The van der Waals surface area contributed by atoms with Crippen LogP contribution in [-0.4, -0.2) is 19.8 Å². The zero-order valence-electron chi connectivity index (χ0n) is 6.41. The highest BCUT2D eigenvalue weighted by Gasteiger charge is 2.11. The van der Waals surface area contributed by atoms with Crippen LogP contribution in [0.4, 0.5) is 4.39 Å². The number of hydrogen-bond acceptors (Lipinski definition) is 1. The summed E-state index contributed by atoms with van der Waals surface area (Å²) in [6.07, 6.45) is 4.40. The van der Waals surface area contributed by atoms with Gasteiger partial charge in [-0.1, -0.05) is 0 Å². The van der Waals surface area contributed by atoms with Crippen molar-refractivity contribution < 1.29 is 4.39 Å². The summed E-state index contributed by atoms with van der Waals surface area (Å²) < 4.78 is 11.7. The molecule has 1 nitrogen and oxygen atoms in total. The maximum Gasteiger partial charge on any atom is 0.0894 e. The fourth-order valence-corrected chi connectivity index (χ4v) is 1.54. The molecular formula is C8H16FN. The van der Waals surface area contributed by atoms with Gasteiger partial charge in [-0.05, 0) is 44.7 Å². The van der Waals surface area contributed by atoms with Gasteiger partial charge in [0.2, 0.25) is 0 Å². The van der Waals surface area contributed by atoms with Crippen LogP contribution in [0.3, 0.4) is 0 Å². The minimum atomic E-state index is -0.142. The zero-order chi connectivity index (χ0) is 7.23. The van der Waals surface area contributed by atoms with E-state index in [1.54, 1.807) is 0 Å². The van der Waals surface area contributed by atoms with Crippen molar-refractivity contribution in [3.05, 3.63) is 0 Å². The summed E-state index contributed by atoms with van der Waals surface area (Å²) in [6.45, 7) is 2.13. The van der Waals surface area contributed by atoms with E-state index in [-0.39, 0.29) is 6.67 Å². The number of rotatable bonds is 3. The first-order valence-electron chi connectivity index (χ1n) is 4.20. The van der Waals surface area contributed by atoms with Gasteiger partial charge in [-0.3, -0.25) is 4.39 Å². The molecule has 0 saturated carbocycles. The Labute approximate surface area is 62.0 Å². The number of halogens is 1. The largest absolute Gasteiger partial charge is 0.316 e. The Morgan fingerprint density at radius 3 is 3.00 bits per heavy atom. The molecule has 0 aromatic rings. The second-order valence-corrected chi connectivity index (χ2v) is 3.04. The van der Waals surface area contributed by atoms with E-state index in [2.05, 4.69) is 5.32 Å². The van der Waals surface area contributed by atoms with Gasteiger partial charge in [0, 0.05) is 0 Å². The van der Waals surface area contributed by atoms with Crippen molar-refractivity contribution in [2.45, 2.75) is 25.7 Å². The molecule has 0 aromatic carbocycles. The minimum absolute atomic E-state index is 0.142. The third-order valence-electron chi connectivity index (χ3n) is 2.14. The molecule has 1 fully saturated rings. The lowest BCUT2D eigenvalue weighted by atomic mass is 9.95. The normalized spacial score (nSPS) is 26.7. The van der Waals surface area contributed by atoms with Crippen LogP contribution in [-0.2, 0) is 0 Å². The van der Waals surface area contributed by atoms with Gasteiger partial charge in [-0.15, -0.1) is 0 Å². The Bertz CT molecular complexity index is 79.3. The standard InChI is InChI=1S/C8H16FN/c9-5-1-3-8-4-2-6-10-7-8/h8,10H,1-7H2. The van der Waals surface area contributed by atoms with Gasteiger partial charge < -0.3 is 5.32 Å². The molecule has 0 aliphatic carbocycles. The summed E-state index contributed by atoms with van der Waals surface area (Å²) in [5.74, 6) is 0.754. The number of piperidine rings is 1. The molecule has 0 radical (unpaired) electrons. The van der Waals surface area contributed by atoms with Gasteiger partial charge in [-0.2, -0.15) is 0 Å². The molecule has 0 spiro atoms. The average molecular weight is 145 g/mol. The van der Waals surface area contributed by atoms with E-state index < -0.39 is 0 Å². The quantitative estimate of drug-likeness (QED) is 0.637. The molecule has 10 heavy (non-hydrogen) atoms. The van der Waals surface area contributed by atoms with E-state index in [1.165, 1.54) is 12.8 Å². The van der Waals surface area contributed by atoms with Crippen LogP contribution in [0.1, 0.15) is 25.7 Å². The van der Waals surface area contributed by atoms with E-state index >= 15 is 0 Å². The van der Waals surface area contributed by atoms with Crippen molar-refractivity contribution >= 4 is 0 Å². The Kier molecular flexibility index (Phi) is 3.73. The fraction of sp³-hybridized carbons (Fsp3) is 1.00. The molecule has 60 valence electrons. The maximum absolute atomic E-state index is 11.7. The van der Waals surface area contributed by atoms with Crippen LogP contribution in [0.15, 0.2) is 0 Å². The number of nitrogens with one attached hydrogen (secondary N) is 1. The van der Waals surface area contributed by atoms with Crippen molar-refractivity contribution in [1.29, 1.82) is 0 Å². The molecule has 0 amide bonds. The summed E-state index contributed by atoms with van der Waals surface area (Å²) in [6, 6.07) is 0. The van der Waals surface area contributed by atoms with Gasteiger partial charge in [0.1, 0.15) is 0 Å². The van der Waals surface area contributed by atoms with Crippen LogP contribution in [0, 0.1) is 5.92 Å². The molecule has 0 bridgehead atoms. The lowest BCUT2D eigenvalue weighted by molar-refractivity contribution is 0.331. The molecule has 1 aliphatic rings. The highest BCUT2D eigenvalue weighted by atomic mass is 19.1. The summed E-state index contributed by atoms with van der Waals surface area (Å²) >= 11 is 0. The monoisotopic (exact) mass is 145 g/mol. The van der Waals surface area contributed by atoms with Crippen LogP contribution in [0.5, 0.6) is 0 Å². The first kappa shape index (κ1) is 7.99. The van der Waals surface area contributed by atoms with Crippen LogP contribution >= 0.6 is 0 Å². The van der Waals surface area contributed by atoms with Gasteiger partial charge in [0.25, 0.3) is 0 Å². The predicted octanol–water partition coefficient (Wildman–Crippen LogP) is 1.74. The first-order chi connectivity index (χ1) is 4.93. The predicted molar refractivity (Wildman–Crippen MR) is 40.8 cm³/mol. The van der Waals surface area contributed by atoms with Crippen molar-refractivity contribution in [3.8, 4) is 0 Å². The Morgan fingerprint density at radius 1 is 1.50 bits per heavy atom. The molecular weight excluding hydrogens is 129 g/mol. The highest BCUT2D eigenvalue weighted by Crippen LogP contribution is 2.15. The lowest BCUT2D eigenvalue weighted by Crippen LogP contribution is -2.29. The number of alkyl halides is 1. The molecule has 1 heterocycles. The highest BCUT2D eigenvalue weighted by molar-refractivity contribution is 4.68. The lowest BCUT2D eigenvalue weighted by Gasteiger charge is -2.21.